The van der Waals surface area contributed by atoms with Gasteiger partial charge in [-0.2, -0.15) is 4.39 Å². The fraction of sp³-hybridized carbons (Fsp3) is 0.414. The number of nitrogens with zero attached hydrogens (tertiary/aromatic N) is 1. The average Bonchev–Trinajstić information content (AvgIpc) is 3.31. The molecule has 0 radical (unpaired) electrons. The molecular weight excluding hydrogens is 473 g/mol. The van der Waals surface area contributed by atoms with Gasteiger partial charge in [0.2, 0.25) is 5.95 Å². The smallest absolute Gasteiger partial charge is 0.218 e. The van der Waals surface area contributed by atoms with Crippen molar-refractivity contribution in [1.29, 1.82) is 0 Å². The Labute approximate surface area is 214 Å². The van der Waals surface area contributed by atoms with Crippen molar-refractivity contribution < 1.29 is 23.3 Å². The molecule has 3 aromatic rings. The van der Waals surface area contributed by atoms with Crippen LogP contribution in [0.15, 0.2) is 79.0 Å². The van der Waals surface area contributed by atoms with Crippen LogP contribution < -0.4 is 10.4 Å². The fourth-order valence-corrected chi connectivity index (χ4v) is 9.51. The maximum absolute atomic E-state index is 15.7. The Bertz CT molecular complexity index is 1150. The van der Waals surface area contributed by atoms with E-state index in [0.717, 1.165) is 10.4 Å². The number of hydrogen-bond acceptors (Lipinski definition) is 5. The lowest BCUT2D eigenvalue weighted by atomic mass is 10.0. The Morgan fingerprint density at radius 2 is 1.50 bits per heavy atom. The number of benzene rings is 2. The first-order chi connectivity index (χ1) is 17.1. The van der Waals surface area contributed by atoms with E-state index in [1.165, 1.54) is 6.20 Å². The molecule has 0 spiro atoms. The van der Waals surface area contributed by atoms with Crippen molar-refractivity contribution in [3.63, 3.8) is 0 Å². The molecule has 0 bridgehead atoms. The summed E-state index contributed by atoms with van der Waals surface area (Å²) in [5.41, 5.74) is 0.0397. The van der Waals surface area contributed by atoms with Gasteiger partial charge >= 0.3 is 0 Å². The van der Waals surface area contributed by atoms with Gasteiger partial charge in [-0.25, -0.2) is 4.98 Å². The van der Waals surface area contributed by atoms with Crippen molar-refractivity contribution >= 4 is 19.2 Å². The largest absolute Gasteiger partial charge is 0.373 e. The standard InChI is InChI=1S/C29H34FNO4Si/c1-27(2,3)32-19-23-24-25(35-28(4,5)34-24)29(33-23,22-17-12-18-31-26(22)30)36(20-13-8-6-9-14-20)21-15-10-7-11-16-21/h6-18,23-25,36H,19H2,1-5H3/t23-,24+,25+,29-/m0/s1. The summed E-state index contributed by atoms with van der Waals surface area (Å²) in [6.45, 7) is 10.1. The van der Waals surface area contributed by atoms with E-state index in [1.54, 1.807) is 12.1 Å². The van der Waals surface area contributed by atoms with Crippen molar-refractivity contribution in [2.24, 2.45) is 0 Å². The third kappa shape index (κ3) is 4.66. The first kappa shape index (κ1) is 25.2. The molecule has 0 saturated carbocycles. The van der Waals surface area contributed by atoms with Crippen molar-refractivity contribution in [3.8, 4) is 0 Å². The van der Waals surface area contributed by atoms with Crippen molar-refractivity contribution in [2.45, 2.75) is 69.5 Å². The lowest BCUT2D eigenvalue weighted by Gasteiger charge is -2.41. The molecule has 1 aromatic heterocycles. The second-order valence-electron chi connectivity index (χ2n) is 11.0. The Morgan fingerprint density at radius 1 is 0.889 bits per heavy atom. The maximum Gasteiger partial charge on any atom is 0.218 e. The highest BCUT2D eigenvalue weighted by Crippen LogP contribution is 2.51. The van der Waals surface area contributed by atoms with Gasteiger partial charge in [-0.3, -0.25) is 0 Å². The highest BCUT2D eigenvalue weighted by Gasteiger charge is 2.67. The first-order valence-corrected chi connectivity index (χ1v) is 14.2. The van der Waals surface area contributed by atoms with Crippen LogP contribution in [0, 0.1) is 5.95 Å². The third-order valence-corrected chi connectivity index (χ3v) is 10.6. The number of ether oxygens (including phenoxy) is 4. The highest BCUT2D eigenvalue weighted by atomic mass is 28.3. The quantitative estimate of drug-likeness (QED) is 0.376. The van der Waals surface area contributed by atoms with Crippen LogP contribution in [0.25, 0.3) is 0 Å². The lowest BCUT2D eigenvalue weighted by molar-refractivity contribution is -0.205. The molecule has 3 heterocycles. The number of rotatable bonds is 6. The van der Waals surface area contributed by atoms with E-state index in [1.807, 2.05) is 71.0 Å². The van der Waals surface area contributed by atoms with Crippen LogP contribution in [0.2, 0.25) is 0 Å². The Balaban J connectivity index is 1.75. The van der Waals surface area contributed by atoms with Gasteiger partial charge in [-0.1, -0.05) is 77.1 Å². The van der Waals surface area contributed by atoms with Crippen LogP contribution in [-0.2, 0) is 24.2 Å². The summed E-state index contributed by atoms with van der Waals surface area (Å²) in [4.78, 5) is 4.05. The van der Waals surface area contributed by atoms with E-state index in [9.17, 15) is 0 Å². The second kappa shape index (κ2) is 9.47. The van der Waals surface area contributed by atoms with Gasteiger partial charge in [0, 0.05) is 11.8 Å². The first-order valence-electron chi connectivity index (χ1n) is 12.5. The minimum atomic E-state index is -2.39. The molecule has 2 fully saturated rings. The van der Waals surface area contributed by atoms with Crippen molar-refractivity contribution in [2.75, 3.05) is 6.61 Å². The molecule has 0 N–H and O–H groups in total. The molecule has 2 aliphatic heterocycles. The van der Waals surface area contributed by atoms with E-state index in [4.69, 9.17) is 18.9 Å². The van der Waals surface area contributed by atoms with Crippen LogP contribution in [0.5, 0.6) is 0 Å². The van der Waals surface area contributed by atoms with Crippen LogP contribution >= 0.6 is 0 Å². The summed E-state index contributed by atoms with van der Waals surface area (Å²) < 4.78 is 42.0. The summed E-state index contributed by atoms with van der Waals surface area (Å²) in [5, 5.41) is 1.12. The Hall–Kier alpha value is -2.42. The molecule has 7 heteroatoms. The van der Waals surface area contributed by atoms with Crippen LogP contribution in [-0.4, -0.2) is 50.1 Å². The zero-order chi connectivity index (χ0) is 25.6. The molecule has 0 amide bonds. The van der Waals surface area contributed by atoms with Gasteiger partial charge in [0.1, 0.15) is 32.3 Å². The van der Waals surface area contributed by atoms with Crippen molar-refractivity contribution in [3.05, 3.63) is 90.5 Å². The second-order valence-corrected chi connectivity index (χ2v) is 14.0. The van der Waals surface area contributed by atoms with Gasteiger partial charge < -0.3 is 18.9 Å². The summed E-state index contributed by atoms with van der Waals surface area (Å²) >= 11 is 0. The highest BCUT2D eigenvalue weighted by molar-refractivity contribution is 6.87. The van der Waals surface area contributed by atoms with Crippen LogP contribution in [0.3, 0.4) is 0 Å². The molecule has 5 rings (SSSR count). The molecular formula is C29H34FNO4Si. The number of pyridine rings is 1. The van der Waals surface area contributed by atoms with Gasteiger partial charge in [0.05, 0.1) is 12.2 Å². The Morgan fingerprint density at radius 3 is 2.06 bits per heavy atom. The predicted octanol–water partition coefficient (Wildman–Crippen LogP) is 3.73. The van der Waals surface area contributed by atoms with Gasteiger partial charge in [0.25, 0.3) is 0 Å². The fourth-order valence-electron chi connectivity index (χ4n) is 5.50. The van der Waals surface area contributed by atoms with E-state index in [-0.39, 0.29) is 5.60 Å². The summed E-state index contributed by atoms with van der Waals surface area (Å²) in [7, 11) is -2.39. The molecule has 190 valence electrons. The van der Waals surface area contributed by atoms with E-state index in [0.29, 0.717) is 12.2 Å². The molecule has 2 aromatic carbocycles. The van der Waals surface area contributed by atoms with Crippen LogP contribution in [0.1, 0.15) is 40.2 Å². The molecule has 0 aliphatic carbocycles. The number of halogens is 1. The molecule has 2 aliphatic rings. The van der Waals surface area contributed by atoms with Gasteiger partial charge in [0.15, 0.2) is 5.79 Å². The van der Waals surface area contributed by atoms with E-state index in [2.05, 4.69) is 29.2 Å². The minimum absolute atomic E-state index is 0.304. The topological polar surface area (TPSA) is 49.8 Å². The zero-order valence-electron chi connectivity index (χ0n) is 21.5. The summed E-state index contributed by atoms with van der Waals surface area (Å²) in [5.74, 6) is -1.40. The monoisotopic (exact) mass is 507 g/mol. The summed E-state index contributed by atoms with van der Waals surface area (Å²) in [6.07, 6.45) is 0.0516. The van der Waals surface area contributed by atoms with E-state index < -0.39 is 44.1 Å². The number of aromatic nitrogens is 1. The number of hydrogen-bond donors (Lipinski definition) is 0. The molecule has 5 nitrogen and oxygen atoms in total. The average molecular weight is 508 g/mol. The third-order valence-electron chi connectivity index (χ3n) is 6.82. The van der Waals surface area contributed by atoms with Gasteiger partial charge in [-0.15, -0.1) is 0 Å². The summed E-state index contributed by atoms with van der Waals surface area (Å²) in [6, 6.07) is 24.1. The minimum Gasteiger partial charge on any atom is -0.373 e. The molecule has 36 heavy (non-hydrogen) atoms. The van der Waals surface area contributed by atoms with Crippen molar-refractivity contribution in [1.82, 2.24) is 4.98 Å². The SMILES string of the molecule is CC(C)(C)OC[C@@H]1O[C@@](c2cccnc2F)([SiH](c2ccccc2)c2ccccc2)[C@@H]2OC(C)(C)O[C@H]12. The normalized spacial score (nSPS) is 27.4. The van der Waals surface area contributed by atoms with Crippen LogP contribution in [0.4, 0.5) is 4.39 Å². The molecule has 4 atom stereocenters. The zero-order valence-corrected chi connectivity index (χ0v) is 22.6. The molecule has 0 unspecified atom stereocenters. The predicted molar refractivity (Wildman–Crippen MR) is 140 cm³/mol. The number of fused-ring (bicyclic) bond motifs is 1. The van der Waals surface area contributed by atoms with E-state index >= 15 is 4.39 Å². The lowest BCUT2D eigenvalue weighted by Crippen LogP contribution is -2.64. The maximum atomic E-state index is 15.7. The Kier molecular flexibility index (Phi) is 6.64. The molecule has 2 saturated heterocycles. The van der Waals surface area contributed by atoms with Gasteiger partial charge in [-0.05, 0) is 40.7 Å².